The Morgan fingerprint density at radius 3 is 2.14 bits per heavy atom. The van der Waals surface area contributed by atoms with Crippen molar-refractivity contribution in [2.75, 3.05) is 26.7 Å². The number of piperidine rings is 1. The van der Waals surface area contributed by atoms with Crippen LogP contribution in [0.5, 0.6) is 0 Å². The molecule has 0 bridgehead atoms. The van der Waals surface area contributed by atoms with Crippen molar-refractivity contribution in [3.05, 3.63) is 29.6 Å². The Bertz CT molecular complexity index is 597. The van der Waals surface area contributed by atoms with Crippen LogP contribution in [0.15, 0.2) is 17.0 Å². The van der Waals surface area contributed by atoms with Crippen molar-refractivity contribution in [3.8, 4) is 0 Å². The van der Waals surface area contributed by atoms with Crippen LogP contribution in [0.1, 0.15) is 12.8 Å². The van der Waals surface area contributed by atoms with Crippen LogP contribution in [-0.2, 0) is 10.0 Å². The number of halogens is 4. The summed E-state index contributed by atoms with van der Waals surface area (Å²) in [4.78, 5) is -0.550. The van der Waals surface area contributed by atoms with Crippen molar-refractivity contribution in [2.24, 2.45) is 5.92 Å². The molecule has 1 N–H and O–H groups in total. The molecule has 0 unspecified atom stereocenters. The molecule has 1 aliphatic heterocycles. The van der Waals surface area contributed by atoms with E-state index < -0.39 is 32.4 Å². The maximum atomic E-state index is 13.2. The molecule has 1 saturated heterocycles. The number of nitrogens with zero attached hydrogens (tertiary/aromatic N) is 1. The van der Waals surface area contributed by atoms with Crippen LogP contribution in [0, 0.1) is 23.4 Å². The van der Waals surface area contributed by atoms with Gasteiger partial charge >= 0.3 is 0 Å². The summed E-state index contributed by atoms with van der Waals surface area (Å²) in [7, 11) is -2.17. The zero-order valence-corrected chi connectivity index (χ0v) is 13.6. The second-order valence-electron chi connectivity index (χ2n) is 5.11. The summed E-state index contributed by atoms with van der Waals surface area (Å²) in [6.07, 6.45) is 1.35. The Hall–Kier alpha value is -0.830. The fourth-order valence-electron chi connectivity index (χ4n) is 2.47. The molecule has 2 rings (SSSR count). The maximum Gasteiger partial charge on any atom is 0.243 e. The monoisotopic (exact) mass is 358 g/mol. The van der Waals surface area contributed by atoms with Crippen molar-refractivity contribution in [1.29, 1.82) is 0 Å². The van der Waals surface area contributed by atoms with Gasteiger partial charge in [0, 0.05) is 13.1 Å². The van der Waals surface area contributed by atoms with E-state index in [0.29, 0.717) is 30.9 Å². The topological polar surface area (TPSA) is 49.4 Å². The summed E-state index contributed by atoms with van der Waals surface area (Å²) in [6, 6.07) is 1.04. The van der Waals surface area contributed by atoms with Crippen LogP contribution in [0.3, 0.4) is 0 Å². The van der Waals surface area contributed by atoms with E-state index in [1.807, 2.05) is 7.05 Å². The molecule has 1 aliphatic rings. The summed E-state index contributed by atoms with van der Waals surface area (Å²) in [5.74, 6) is -4.29. The quantitative estimate of drug-likeness (QED) is 0.839. The highest BCUT2D eigenvalue weighted by atomic mass is 35.5. The molecule has 126 valence electrons. The van der Waals surface area contributed by atoms with Crippen molar-refractivity contribution in [1.82, 2.24) is 9.62 Å². The average Bonchev–Trinajstić information content (AvgIpc) is 2.45. The van der Waals surface area contributed by atoms with Gasteiger partial charge in [-0.2, -0.15) is 4.31 Å². The van der Waals surface area contributed by atoms with Gasteiger partial charge in [-0.3, -0.25) is 0 Å². The number of benzene rings is 1. The average molecular weight is 359 g/mol. The van der Waals surface area contributed by atoms with Crippen molar-refractivity contribution in [2.45, 2.75) is 17.7 Å². The minimum absolute atomic E-state index is 0. The fraction of sp³-hybridized carbons (Fsp3) is 0.538. The summed E-state index contributed by atoms with van der Waals surface area (Å²) < 4.78 is 65.1. The SMILES string of the molecule is CNCC1CCN(S(=O)(=O)c2cc(F)c(F)c(F)c2)CC1.Cl. The van der Waals surface area contributed by atoms with Gasteiger partial charge in [0.1, 0.15) is 0 Å². The van der Waals surface area contributed by atoms with E-state index in [2.05, 4.69) is 5.32 Å². The fourth-order valence-corrected chi connectivity index (χ4v) is 3.97. The standard InChI is InChI=1S/C13H17F3N2O2S.ClH/c1-17-8-9-2-4-18(5-3-9)21(19,20)10-6-11(14)13(16)12(15)7-10;/h6-7,9,17H,2-5,8H2,1H3;1H. The number of hydrogen-bond acceptors (Lipinski definition) is 3. The minimum atomic E-state index is -4.00. The number of hydrogen-bond donors (Lipinski definition) is 1. The lowest BCUT2D eigenvalue weighted by atomic mass is 9.98. The molecule has 0 saturated carbocycles. The van der Waals surface area contributed by atoms with E-state index in [0.717, 1.165) is 6.54 Å². The number of nitrogens with one attached hydrogen (secondary N) is 1. The largest absolute Gasteiger partial charge is 0.319 e. The van der Waals surface area contributed by atoms with E-state index in [9.17, 15) is 21.6 Å². The van der Waals surface area contributed by atoms with Gasteiger partial charge in [-0.15, -0.1) is 12.4 Å². The van der Waals surface area contributed by atoms with Crippen LogP contribution in [0.25, 0.3) is 0 Å². The first-order valence-corrected chi connectivity index (χ1v) is 8.09. The third kappa shape index (κ3) is 3.92. The van der Waals surface area contributed by atoms with E-state index in [1.165, 1.54) is 4.31 Å². The van der Waals surface area contributed by atoms with Crippen LogP contribution in [0.4, 0.5) is 13.2 Å². The van der Waals surface area contributed by atoms with E-state index in [4.69, 9.17) is 0 Å². The summed E-state index contributed by atoms with van der Waals surface area (Å²) in [5.41, 5.74) is 0. The zero-order valence-electron chi connectivity index (χ0n) is 12.0. The molecule has 4 nitrogen and oxygen atoms in total. The highest BCUT2D eigenvalue weighted by Crippen LogP contribution is 2.25. The Kier molecular flexibility index (Phi) is 6.66. The lowest BCUT2D eigenvalue weighted by Gasteiger charge is -2.31. The van der Waals surface area contributed by atoms with Gasteiger partial charge < -0.3 is 5.32 Å². The molecular formula is C13H18ClF3N2O2S. The molecule has 1 heterocycles. The summed E-state index contributed by atoms with van der Waals surface area (Å²) in [5, 5.41) is 3.04. The van der Waals surface area contributed by atoms with Crippen LogP contribution in [-0.4, -0.2) is 39.4 Å². The second-order valence-corrected chi connectivity index (χ2v) is 7.04. The Labute approximate surface area is 134 Å². The van der Waals surface area contributed by atoms with Gasteiger partial charge in [-0.05, 0) is 44.5 Å². The van der Waals surface area contributed by atoms with Gasteiger partial charge in [0.25, 0.3) is 0 Å². The molecule has 0 aliphatic carbocycles. The van der Waals surface area contributed by atoms with Crippen molar-refractivity contribution >= 4 is 22.4 Å². The summed E-state index contributed by atoms with van der Waals surface area (Å²) in [6.45, 7) is 1.37. The molecule has 0 amide bonds. The molecule has 9 heteroatoms. The number of sulfonamides is 1. The van der Waals surface area contributed by atoms with Gasteiger partial charge in [0.15, 0.2) is 17.5 Å². The first kappa shape index (κ1) is 19.2. The Morgan fingerprint density at radius 1 is 1.18 bits per heavy atom. The lowest BCUT2D eigenvalue weighted by molar-refractivity contribution is 0.270. The second kappa shape index (κ2) is 7.63. The smallest absolute Gasteiger partial charge is 0.243 e. The molecule has 1 fully saturated rings. The van der Waals surface area contributed by atoms with Crippen LogP contribution < -0.4 is 5.32 Å². The molecule has 1 aromatic carbocycles. The first-order chi connectivity index (χ1) is 9.86. The highest BCUT2D eigenvalue weighted by molar-refractivity contribution is 7.89. The molecule has 0 spiro atoms. The molecule has 0 atom stereocenters. The van der Waals surface area contributed by atoms with E-state index in [-0.39, 0.29) is 25.5 Å². The van der Waals surface area contributed by atoms with Gasteiger partial charge in [-0.1, -0.05) is 0 Å². The van der Waals surface area contributed by atoms with Crippen LogP contribution >= 0.6 is 12.4 Å². The normalized spacial score (nSPS) is 17.3. The third-order valence-electron chi connectivity index (χ3n) is 3.66. The van der Waals surface area contributed by atoms with Gasteiger partial charge in [0.2, 0.25) is 10.0 Å². The molecule has 1 aromatic rings. The lowest BCUT2D eigenvalue weighted by Crippen LogP contribution is -2.40. The van der Waals surface area contributed by atoms with Crippen LogP contribution in [0.2, 0.25) is 0 Å². The zero-order chi connectivity index (χ0) is 15.6. The van der Waals surface area contributed by atoms with Crippen molar-refractivity contribution < 1.29 is 21.6 Å². The highest BCUT2D eigenvalue weighted by Gasteiger charge is 2.30. The van der Waals surface area contributed by atoms with E-state index in [1.54, 1.807) is 0 Å². The van der Waals surface area contributed by atoms with Crippen molar-refractivity contribution in [3.63, 3.8) is 0 Å². The predicted octanol–water partition coefficient (Wildman–Crippen LogP) is 2.15. The third-order valence-corrected chi connectivity index (χ3v) is 5.54. The van der Waals surface area contributed by atoms with Gasteiger partial charge in [-0.25, -0.2) is 21.6 Å². The number of rotatable bonds is 4. The predicted molar refractivity (Wildman–Crippen MR) is 79.0 cm³/mol. The Balaban J connectivity index is 0.00000242. The molecule has 22 heavy (non-hydrogen) atoms. The molecular weight excluding hydrogens is 341 g/mol. The summed E-state index contributed by atoms with van der Waals surface area (Å²) >= 11 is 0. The molecule has 0 radical (unpaired) electrons. The minimum Gasteiger partial charge on any atom is -0.319 e. The Morgan fingerprint density at radius 2 is 1.68 bits per heavy atom. The molecule has 0 aromatic heterocycles. The first-order valence-electron chi connectivity index (χ1n) is 6.65. The maximum absolute atomic E-state index is 13.2. The van der Waals surface area contributed by atoms with Gasteiger partial charge in [0.05, 0.1) is 4.90 Å². The van der Waals surface area contributed by atoms with E-state index >= 15 is 0 Å².